The second kappa shape index (κ2) is 8.84. The Hall–Kier alpha value is -1.74. The highest BCUT2D eigenvalue weighted by molar-refractivity contribution is 5.34. The van der Waals surface area contributed by atoms with Gasteiger partial charge in [-0.05, 0) is 19.1 Å². The van der Waals surface area contributed by atoms with E-state index in [2.05, 4.69) is 18.3 Å². The van der Waals surface area contributed by atoms with Gasteiger partial charge in [0.1, 0.15) is 12.7 Å². The molecule has 0 saturated heterocycles. The van der Waals surface area contributed by atoms with Crippen LogP contribution in [0.25, 0.3) is 0 Å². The van der Waals surface area contributed by atoms with Crippen LogP contribution in [0.15, 0.2) is 30.3 Å². The van der Waals surface area contributed by atoms with Crippen LogP contribution in [0.5, 0.6) is 0 Å². The van der Waals surface area contributed by atoms with Gasteiger partial charge in [0.2, 0.25) is 0 Å². The lowest BCUT2D eigenvalue weighted by Gasteiger charge is -1.88. The number of aliphatic hydroxyl groups is 2. The lowest BCUT2D eigenvalue weighted by atomic mass is 10.2. The molecule has 1 aromatic carbocycles. The van der Waals surface area contributed by atoms with Crippen LogP contribution < -0.4 is 0 Å². The fourth-order valence-corrected chi connectivity index (χ4v) is 0.709. The summed E-state index contributed by atoms with van der Waals surface area (Å²) in [7, 11) is 0. The maximum absolute atomic E-state index is 8.84. The van der Waals surface area contributed by atoms with Gasteiger partial charge in [0.25, 0.3) is 0 Å². The average Bonchev–Trinajstić information content (AvgIpc) is 2.28. The van der Waals surface area contributed by atoms with Gasteiger partial charge in [0, 0.05) is 5.56 Å². The molecule has 2 nitrogen and oxygen atoms in total. The Kier molecular flexibility index (Phi) is 7.82. The van der Waals surface area contributed by atoms with Gasteiger partial charge in [-0.15, -0.1) is 6.42 Å². The van der Waals surface area contributed by atoms with E-state index in [1.54, 1.807) is 6.92 Å². The average molecular weight is 202 g/mol. The molecule has 0 aliphatic heterocycles. The standard InChI is InChI=1S/C10H10O.C3H4O/c1-9(11)7-8-10-5-3-2-4-6-10;1-2-3-4/h2-6,9,11H,1H3;1,4H,3H2. The molecule has 78 valence electrons. The molecule has 0 saturated carbocycles. The smallest absolute Gasteiger partial charge is 0.112 e. The molecule has 0 aliphatic rings. The first kappa shape index (κ1) is 13.3. The van der Waals surface area contributed by atoms with E-state index >= 15 is 0 Å². The molecule has 2 N–H and O–H groups in total. The number of hydrogen-bond donors (Lipinski definition) is 2. The van der Waals surface area contributed by atoms with Crippen molar-refractivity contribution in [1.82, 2.24) is 0 Å². The van der Waals surface area contributed by atoms with Gasteiger partial charge >= 0.3 is 0 Å². The number of rotatable bonds is 0. The Morgan fingerprint density at radius 3 is 2.27 bits per heavy atom. The Bertz CT molecular complexity index is 350. The number of aliphatic hydroxyl groups excluding tert-OH is 2. The molecule has 1 aromatic rings. The summed E-state index contributed by atoms with van der Waals surface area (Å²) in [6, 6.07) is 9.61. The summed E-state index contributed by atoms with van der Waals surface area (Å²) in [6.45, 7) is 1.50. The highest BCUT2D eigenvalue weighted by Gasteiger charge is 1.84. The summed E-state index contributed by atoms with van der Waals surface area (Å²) in [5, 5.41) is 16.5. The van der Waals surface area contributed by atoms with Gasteiger partial charge in [-0.2, -0.15) is 0 Å². The zero-order chi connectivity index (χ0) is 11.5. The SMILES string of the molecule is C#CCO.CC(O)C#Cc1ccccc1. The van der Waals surface area contributed by atoms with Crippen molar-refractivity contribution in [3.8, 4) is 24.2 Å². The van der Waals surface area contributed by atoms with E-state index in [4.69, 9.17) is 10.2 Å². The maximum atomic E-state index is 8.84. The minimum Gasteiger partial charge on any atom is -0.384 e. The van der Waals surface area contributed by atoms with Crippen LogP contribution in [0.1, 0.15) is 12.5 Å². The van der Waals surface area contributed by atoms with Crippen LogP contribution in [-0.4, -0.2) is 22.9 Å². The molecule has 0 aromatic heterocycles. The first-order valence-electron chi connectivity index (χ1n) is 4.49. The largest absolute Gasteiger partial charge is 0.384 e. The van der Waals surface area contributed by atoms with E-state index in [9.17, 15) is 0 Å². The molecular weight excluding hydrogens is 188 g/mol. The van der Waals surface area contributed by atoms with Crippen molar-refractivity contribution in [3.63, 3.8) is 0 Å². The van der Waals surface area contributed by atoms with Gasteiger partial charge in [-0.25, -0.2) is 0 Å². The van der Waals surface area contributed by atoms with Crippen molar-refractivity contribution in [2.24, 2.45) is 0 Å². The molecule has 0 fully saturated rings. The van der Waals surface area contributed by atoms with E-state index in [1.165, 1.54) is 0 Å². The first-order valence-corrected chi connectivity index (χ1v) is 4.49. The predicted molar refractivity (Wildman–Crippen MR) is 60.9 cm³/mol. The predicted octanol–water partition coefficient (Wildman–Crippen LogP) is 1.03. The van der Waals surface area contributed by atoms with Crippen LogP contribution in [0.4, 0.5) is 0 Å². The fourth-order valence-electron chi connectivity index (χ4n) is 0.709. The molecule has 1 unspecified atom stereocenters. The second-order valence-electron chi connectivity index (χ2n) is 2.67. The van der Waals surface area contributed by atoms with Gasteiger partial charge in [0.05, 0.1) is 0 Å². The summed E-state index contributed by atoms with van der Waals surface area (Å²) in [5.74, 6) is 7.50. The zero-order valence-corrected chi connectivity index (χ0v) is 8.64. The topological polar surface area (TPSA) is 40.5 Å². The number of benzene rings is 1. The van der Waals surface area contributed by atoms with Crippen molar-refractivity contribution < 1.29 is 10.2 Å². The maximum Gasteiger partial charge on any atom is 0.112 e. The normalized spacial score (nSPS) is 9.73. The van der Waals surface area contributed by atoms with E-state index in [0.717, 1.165) is 5.56 Å². The highest BCUT2D eigenvalue weighted by atomic mass is 16.3. The fraction of sp³-hybridized carbons (Fsp3) is 0.231. The molecule has 0 aliphatic carbocycles. The zero-order valence-electron chi connectivity index (χ0n) is 8.64. The van der Waals surface area contributed by atoms with Crippen molar-refractivity contribution in [2.75, 3.05) is 6.61 Å². The van der Waals surface area contributed by atoms with Crippen LogP contribution in [0, 0.1) is 24.2 Å². The lowest BCUT2D eigenvalue weighted by Crippen LogP contribution is -1.92. The van der Waals surface area contributed by atoms with E-state index < -0.39 is 6.10 Å². The van der Waals surface area contributed by atoms with E-state index in [1.807, 2.05) is 36.3 Å². The molecule has 1 rings (SSSR count). The Morgan fingerprint density at radius 1 is 1.33 bits per heavy atom. The summed E-state index contributed by atoms with van der Waals surface area (Å²) in [6.07, 6.45) is 3.98. The lowest BCUT2D eigenvalue weighted by molar-refractivity contribution is 0.253. The molecule has 15 heavy (non-hydrogen) atoms. The number of terminal acetylenes is 1. The molecule has 0 radical (unpaired) electrons. The van der Waals surface area contributed by atoms with Gasteiger partial charge in [0.15, 0.2) is 0 Å². The third kappa shape index (κ3) is 8.59. The minimum atomic E-state index is -0.546. The minimum absolute atomic E-state index is 0.153. The first-order chi connectivity index (χ1) is 7.20. The van der Waals surface area contributed by atoms with Crippen LogP contribution in [0.3, 0.4) is 0 Å². The number of hydrogen-bond acceptors (Lipinski definition) is 2. The van der Waals surface area contributed by atoms with E-state index in [0.29, 0.717) is 0 Å². The molecule has 0 bridgehead atoms. The van der Waals surface area contributed by atoms with Gasteiger partial charge in [-0.3, -0.25) is 0 Å². The molecule has 2 heteroatoms. The van der Waals surface area contributed by atoms with Gasteiger partial charge < -0.3 is 10.2 Å². The Morgan fingerprint density at radius 2 is 1.87 bits per heavy atom. The monoisotopic (exact) mass is 202 g/mol. The summed E-state index contributed by atoms with van der Waals surface area (Å²) >= 11 is 0. The quantitative estimate of drug-likeness (QED) is 0.617. The van der Waals surface area contributed by atoms with Crippen molar-refractivity contribution in [2.45, 2.75) is 13.0 Å². The van der Waals surface area contributed by atoms with Crippen molar-refractivity contribution >= 4 is 0 Å². The van der Waals surface area contributed by atoms with Crippen molar-refractivity contribution in [1.29, 1.82) is 0 Å². The van der Waals surface area contributed by atoms with Gasteiger partial charge in [-0.1, -0.05) is 36.0 Å². The van der Waals surface area contributed by atoms with Crippen LogP contribution in [0.2, 0.25) is 0 Å². The molecule has 0 amide bonds. The Balaban J connectivity index is 0.000000423. The highest BCUT2D eigenvalue weighted by Crippen LogP contribution is 1.94. The third-order valence-corrected chi connectivity index (χ3v) is 1.29. The molecular formula is C13H14O2. The Labute approximate surface area is 90.6 Å². The summed E-state index contributed by atoms with van der Waals surface area (Å²) in [4.78, 5) is 0. The molecule has 0 heterocycles. The van der Waals surface area contributed by atoms with E-state index in [-0.39, 0.29) is 6.61 Å². The van der Waals surface area contributed by atoms with Crippen molar-refractivity contribution in [3.05, 3.63) is 35.9 Å². The molecule has 1 atom stereocenters. The summed E-state index contributed by atoms with van der Waals surface area (Å²) < 4.78 is 0. The third-order valence-electron chi connectivity index (χ3n) is 1.29. The summed E-state index contributed by atoms with van der Waals surface area (Å²) in [5.41, 5.74) is 0.938. The van der Waals surface area contributed by atoms with Crippen LogP contribution >= 0.6 is 0 Å². The second-order valence-corrected chi connectivity index (χ2v) is 2.67. The molecule has 0 spiro atoms. The van der Waals surface area contributed by atoms with Crippen LogP contribution in [-0.2, 0) is 0 Å².